The second-order valence-corrected chi connectivity index (χ2v) is 9.18. The molecule has 0 saturated heterocycles. The number of halogens is 5. The average molecular weight is 565 g/mol. The first kappa shape index (κ1) is 26.5. The monoisotopic (exact) mass is 564 g/mol. The minimum absolute atomic E-state index is 0.132. The Morgan fingerprint density at radius 2 is 1.92 bits per heavy atom. The van der Waals surface area contributed by atoms with Gasteiger partial charge in [0.25, 0.3) is 0 Å². The van der Waals surface area contributed by atoms with Crippen molar-refractivity contribution < 1.29 is 31.8 Å². The Morgan fingerprint density at radius 1 is 1.15 bits per heavy atom. The van der Waals surface area contributed by atoms with Crippen LogP contribution in [0.5, 0.6) is 5.75 Å². The molecule has 2 aromatic heterocycles. The number of aromatic nitrogens is 5. The molecule has 1 aliphatic rings. The van der Waals surface area contributed by atoms with Gasteiger partial charge >= 0.3 is 12.1 Å². The molecule has 0 amide bonds. The first-order valence-electron chi connectivity index (χ1n) is 11.7. The van der Waals surface area contributed by atoms with Crippen LogP contribution in [0.4, 0.5) is 29.2 Å². The number of esters is 1. The van der Waals surface area contributed by atoms with Gasteiger partial charge in [0.1, 0.15) is 35.0 Å². The molecule has 0 spiro atoms. The average Bonchev–Trinajstić information content (AvgIpc) is 3.46. The summed E-state index contributed by atoms with van der Waals surface area (Å²) in [5, 5.41) is 7.83. The number of fused-ring (bicyclic) bond motifs is 1. The fraction of sp³-hybridized carbons (Fsp3) is 0.280. The van der Waals surface area contributed by atoms with Crippen LogP contribution in [0, 0.1) is 5.82 Å². The molecule has 4 aromatic rings. The number of nitrogens with one attached hydrogen (secondary N) is 1. The number of rotatable bonds is 6. The third kappa shape index (κ3) is 5.82. The predicted octanol–water partition coefficient (Wildman–Crippen LogP) is 5.41. The molecule has 0 radical (unpaired) electrons. The predicted molar refractivity (Wildman–Crippen MR) is 132 cm³/mol. The summed E-state index contributed by atoms with van der Waals surface area (Å²) < 4.78 is 65.5. The van der Waals surface area contributed by atoms with Crippen molar-refractivity contribution in [3.05, 3.63) is 77.3 Å². The number of hydrogen-bond acceptors (Lipinski definition) is 7. The van der Waals surface area contributed by atoms with Crippen molar-refractivity contribution in [1.82, 2.24) is 24.3 Å². The van der Waals surface area contributed by atoms with Gasteiger partial charge in [-0.2, -0.15) is 18.2 Å². The molecule has 0 fully saturated rings. The zero-order chi connectivity index (χ0) is 27.7. The zero-order valence-electron chi connectivity index (χ0n) is 20.3. The van der Waals surface area contributed by atoms with Gasteiger partial charge in [0.15, 0.2) is 0 Å². The Kier molecular flexibility index (Phi) is 7.17. The zero-order valence-corrected chi connectivity index (χ0v) is 21.1. The summed E-state index contributed by atoms with van der Waals surface area (Å²) in [5.41, 5.74) is 1.95. The molecule has 3 heterocycles. The van der Waals surface area contributed by atoms with E-state index in [1.165, 1.54) is 23.9 Å². The van der Waals surface area contributed by atoms with Crippen LogP contribution in [0.1, 0.15) is 30.1 Å². The fourth-order valence-corrected chi connectivity index (χ4v) is 4.57. The summed E-state index contributed by atoms with van der Waals surface area (Å²) >= 11 is 5.92. The Labute approximate surface area is 224 Å². The van der Waals surface area contributed by atoms with E-state index in [9.17, 15) is 22.4 Å². The number of hydrogen-bond donors (Lipinski definition) is 1. The molecule has 5 rings (SSSR count). The molecule has 0 bridgehead atoms. The smallest absolute Gasteiger partial charge is 0.490 e. The van der Waals surface area contributed by atoms with Crippen LogP contribution in [0.3, 0.4) is 0 Å². The molecule has 0 saturated carbocycles. The number of benzene rings is 2. The van der Waals surface area contributed by atoms with Gasteiger partial charge in [-0.3, -0.25) is 0 Å². The molecular formula is C25H21ClF4N6O3. The minimum Gasteiger partial charge on any atom is -0.494 e. The number of carbonyl (C=O) groups is 1. The van der Waals surface area contributed by atoms with Crippen molar-refractivity contribution in [1.29, 1.82) is 0 Å². The molecule has 2 atom stereocenters. The van der Waals surface area contributed by atoms with E-state index in [-0.39, 0.29) is 18.9 Å². The van der Waals surface area contributed by atoms with E-state index in [1.807, 2.05) is 0 Å². The van der Waals surface area contributed by atoms with Crippen LogP contribution in [0.25, 0.3) is 5.69 Å². The maximum Gasteiger partial charge on any atom is 0.490 e. The quantitative estimate of drug-likeness (QED) is 0.247. The number of alkyl halides is 3. The second kappa shape index (κ2) is 10.6. The van der Waals surface area contributed by atoms with E-state index in [0.717, 1.165) is 0 Å². The van der Waals surface area contributed by atoms with E-state index in [0.29, 0.717) is 40.1 Å². The Balaban J connectivity index is 1.45. The highest BCUT2D eigenvalue weighted by Crippen LogP contribution is 2.35. The SMILES string of the molecule is COc1cc(Nc2nc3n(n2)C[C@H](OC(=O)C(F)(F)F)CC[C@@H]3c2ccc(F)cc2)ccc1-n1cnc(Cl)c1. The summed E-state index contributed by atoms with van der Waals surface area (Å²) in [6.07, 6.45) is -2.60. The lowest BCUT2D eigenvalue weighted by atomic mass is 9.93. The van der Waals surface area contributed by atoms with Gasteiger partial charge in [0.05, 0.1) is 19.3 Å². The third-order valence-electron chi connectivity index (χ3n) is 6.21. The highest BCUT2D eigenvalue weighted by Gasteiger charge is 2.43. The van der Waals surface area contributed by atoms with Crippen molar-refractivity contribution in [2.24, 2.45) is 0 Å². The molecule has 9 nitrogen and oxygen atoms in total. The van der Waals surface area contributed by atoms with Crippen molar-refractivity contribution in [2.45, 2.75) is 37.6 Å². The van der Waals surface area contributed by atoms with E-state index >= 15 is 0 Å². The fourth-order valence-electron chi connectivity index (χ4n) is 4.42. The van der Waals surface area contributed by atoms with Crippen molar-refractivity contribution >= 4 is 29.2 Å². The van der Waals surface area contributed by atoms with Gasteiger partial charge < -0.3 is 19.4 Å². The standard InChI is InChI=1S/C25H21ClF4N6O3/c1-38-20-10-16(6-9-19(20)35-12-21(26)31-13-35)32-24-33-22-18(14-2-4-15(27)5-3-14)8-7-17(11-36(22)34-24)39-23(37)25(28,29)30/h2-6,9-10,12-13,17-18H,7-8,11H2,1H3,(H,32,34)/t17-,18-/m1/s1. The topological polar surface area (TPSA) is 96.1 Å². The Morgan fingerprint density at radius 3 is 2.59 bits per heavy atom. The molecular weight excluding hydrogens is 544 g/mol. The largest absolute Gasteiger partial charge is 0.494 e. The number of anilines is 2. The molecule has 2 aromatic carbocycles. The molecule has 14 heteroatoms. The van der Waals surface area contributed by atoms with Crippen LogP contribution in [-0.4, -0.2) is 49.7 Å². The van der Waals surface area contributed by atoms with Gasteiger partial charge in [-0.25, -0.2) is 18.9 Å². The normalized spacial score (nSPS) is 17.3. The van der Waals surface area contributed by atoms with Crippen molar-refractivity contribution in [3.8, 4) is 11.4 Å². The molecule has 39 heavy (non-hydrogen) atoms. The lowest BCUT2D eigenvalue weighted by molar-refractivity contribution is -0.205. The van der Waals surface area contributed by atoms with Crippen molar-refractivity contribution in [2.75, 3.05) is 12.4 Å². The van der Waals surface area contributed by atoms with Crippen molar-refractivity contribution in [3.63, 3.8) is 0 Å². The summed E-state index contributed by atoms with van der Waals surface area (Å²) in [6.45, 7) is -0.132. The number of imidazole rings is 1. The molecule has 1 N–H and O–H groups in total. The van der Waals surface area contributed by atoms with Gasteiger partial charge in [-0.05, 0) is 42.7 Å². The highest BCUT2D eigenvalue weighted by molar-refractivity contribution is 6.29. The van der Waals surface area contributed by atoms with Crippen LogP contribution < -0.4 is 10.1 Å². The van der Waals surface area contributed by atoms with Crippen LogP contribution in [0.15, 0.2) is 55.0 Å². The van der Waals surface area contributed by atoms with Gasteiger partial charge in [-0.15, -0.1) is 5.10 Å². The van der Waals surface area contributed by atoms with Gasteiger partial charge in [-0.1, -0.05) is 23.7 Å². The molecule has 0 unspecified atom stereocenters. The number of ether oxygens (including phenoxy) is 2. The first-order chi connectivity index (χ1) is 18.6. The number of methoxy groups -OCH3 is 1. The Bertz CT molecular complexity index is 1490. The maximum atomic E-state index is 13.6. The summed E-state index contributed by atoms with van der Waals surface area (Å²) in [6, 6.07) is 11.0. The first-order valence-corrected chi connectivity index (χ1v) is 12.1. The Hall–Kier alpha value is -4.13. The summed E-state index contributed by atoms with van der Waals surface area (Å²) in [5.74, 6) is -2.02. The van der Waals surface area contributed by atoms with Crippen LogP contribution in [-0.2, 0) is 16.1 Å². The highest BCUT2D eigenvalue weighted by atomic mass is 35.5. The van der Waals surface area contributed by atoms with E-state index in [1.54, 1.807) is 47.4 Å². The maximum absolute atomic E-state index is 13.6. The molecule has 1 aliphatic heterocycles. The summed E-state index contributed by atoms with van der Waals surface area (Å²) in [4.78, 5) is 20.1. The van der Waals surface area contributed by atoms with Crippen LogP contribution >= 0.6 is 11.6 Å². The molecule has 204 valence electrons. The summed E-state index contributed by atoms with van der Waals surface area (Å²) in [7, 11) is 1.51. The van der Waals surface area contributed by atoms with E-state index in [4.69, 9.17) is 21.1 Å². The van der Waals surface area contributed by atoms with Crippen LogP contribution in [0.2, 0.25) is 5.15 Å². The lowest BCUT2D eigenvalue weighted by Gasteiger charge is -2.17. The minimum atomic E-state index is -5.12. The third-order valence-corrected chi connectivity index (χ3v) is 6.40. The van der Waals surface area contributed by atoms with Gasteiger partial charge in [0, 0.05) is 23.9 Å². The van der Waals surface area contributed by atoms with E-state index < -0.39 is 30.0 Å². The lowest BCUT2D eigenvalue weighted by Crippen LogP contribution is -2.32. The van der Waals surface area contributed by atoms with E-state index in [2.05, 4.69) is 20.4 Å². The van der Waals surface area contributed by atoms with Gasteiger partial charge in [0.2, 0.25) is 5.95 Å². The molecule has 0 aliphatic carbocycles. The number of nitrogens with zero attached hydrogens (tertiary/aromatic N) is 5. The number of carbonyl (C=O) groups excluding carboxylic acids is 1. The second-order valence-electron chi connectivity index (χ2n) is 8.80.